The Morgan fingerprint density at radius 2 is 2.00 bits per heavy atom. The van der Waals surface area contributed by atoms with Crippen LogP contribution < -0.4 is 5.32 Å². The molecule has 0 bridgehead atoms. The summed E-state index contributed by atoms with van der Waals surface area (Å²) in [5.41, 5.74) is 0.328. The zero-order chi connectivity index (χ0) is 13.1. The van der Waals surface area contributed by atoms with E-state index >= 15 is 0 Å². The van der Waals surface area contributed by atoms with E-state index in [1.54, 1.807) is 0 Å². The highest BCUT2D eigenvalue weighted by Crippen LogP contribution is 2.33. The third-order valence-electron chi connectivity index (χ3n) is 3.51. The Kier molecular flexibility index (Phi) is 5.68. The maximum Gasteiger partial charge on any atom is 0.0285 e. The molecule has 1 heterocycles. The summed E-state index contributed by atoms with van der Waals surface area (Å²) in [5, 5.41) is 5.76. The highest BCUT2D eigenvalue weighted by atomic mass is 79.9. The smallest absolute Gasteiger partial charge is 0.0285 e. The summed E-state index contributed by atoms with van der Waals surface area (Å²) in [4.78, 5) is 1.47. The van der Waals surface area contributed by atoms with Gasteiger partial charge in [0.15, 0.2) is 0 Å². The van der Waals surface area contributed by atoms with E-state index in [-0.39, 0.29) is 0 Å². The summed E-state index contributed by atoms with van der Waals surface area (Å²) in [6, 6.07) is 2.81. The molecule has 0 spiro atoms. The standard InChI is InChI=1S/C14H24BrNS/c1-10(2)14(5,9-16-11(3)4)7-13-6-12(15)8-17-13/h6,8,10-11,16H,7,9H2,1-5H3. The number of hydrogen-bond donors (Lipinski definition) is 1. The second kappa shape index (κ2) is 6.35. The average Bonchev–Trinajstić information content (AvgIpc) is 2.60. The molecule has 0 aliphatic rings. The van der Waals surface area contributed by atoms with E-state index in [1.807, 2.05) is 11.3 Å². The molecule has 0 fully saturated rings. The number of hydrogen-bond acceptors (Lipinski definition) is 2. The molecular weight excluding hydrogens is 294 g/mol. The van der Waals surface area contributed by atoms with E-state index in [1.165, 1.54) is 9.35 Å². The van der Waals surface area contributed by atoms with E-state index < -0.39 is 0 Å². The summed E-state index contributed by atoms with van der Waals surface area (Å²) < 4.78 is 1.21. The molecule has 1 aromatic heterocycles. The molecule has 17 heavy (non-hydrogen) atoms. The lowest BCUT2D eigenvalue weighted by Gasteiger charge is -2.34. The molecule has 1 nitrogen and oxygen atoms in total. The second-order valence-corrected chi connectivity index (χ2v) is 7.66. The van der Waals surface area contributed by atoms with Crippen molar-refractivity contribution in [3.8, 4) is 0 Å². The van der Waals surface area contributed by atoms with Crippen LogP contribution in [-0.4, -0.2) is 12.6 Å². The van der Waals surface area contributed by atoms with Crippen LogP contribution in [0.3, 0.4) is 0 Å². The van der Waals surface area contributed by atoms with Crippen molar-refractivity contribution in [2.24, 2.45) is 11.3 Å². The third kappa shape index (κ3) is 4.72. The van der Waals surface area contributed by atoms with Crippen molar-refractivity contribution in [3.05, 3.63) is 20.8 Å². The minimum absolute atomic E-state index is 0.328. The second-order valence-electron chi connectivity index (χ2n) is 5.75. The van der Waals surface area contributed by atoms with Crippen LogP contribution in [0.2, 0.25) is 0 Å². The van der Waals surface area contributed by atoms with Crippen molar-refractivity contribution < 1.29 is 0 Å². The molecule has 0 saturated carbocycles. The number of rotatable bonds is 6. The van der Waals surface area contributed by atoms with Gasteiger partial charge in [-0.1, -0.05) is 34.6 Å². The van der Waals surface area contributed by atoms with Gasteiger partial charge in [-0.25, -0.2) is 0 Å². The van der Waals surface area contributed by atoms with Crippen molar-refractivity contribution in [3.63, 3.8) is 0 Å². The predicted octanol–water partition coefficient (Wildman–Crippen LogP) is 4.71. The lowest BCUT2D eigenvalue weighted by Crippen LogP contribution is -2.40. The molecule has 0 aromatic carbocycles. The fourth-order valence-electron chi connectivity index (χ4n) is 1.75. The Morgan fingerprint density at radius 1 is 1.35 bits per heavy atom. The Balaban J connectivity index is 2.70. The van der Waals surface area contributed by atoms with E-state index in [0.717, 1.165) is 13.0 Å². The van der Waals surface area contributed by atoms with Gasteiger partial charge in [0, 0.05) is 27.3 Å². The zero-order valence-corrected chi connectivity index (χ0v) is 13.9. The molecular formula is C14H24BrNS. The molecule has 0 radical (unpaired) electrons. The summed E-state index contributed by atoms with van der Waals surface area (Å²) in [6.45, 7) is 12.5. The average molecular weight is 318 g/mol. The first-order valence-electron chi connectivity index (χ1n) is 6.30. The quantitative estimate of drug-likeness (QED) is 0.801. The van der Waals surface area contributed by atoms with Crippen molar-refractivity contribution in [2.75, 3.05) is 6.54 Å². The Labute approximate surface area is 118 Å². The third-order valence-corrected chi connectivity index (χ3v) is 5.21. The highest BCUT2D eigenvalue weighted by molar-refractivity contribution is 9.10. The van der Waals surface area contributed by atoms with Gasteiger partial charge in [0.2, 0.25) is 0 Å². The Morgan fingerprint density at radius 3 is 2.41 bits per heavy atom. The van der Waals surface area contributed by atoms with Crippen LogP contribution in [0, 0.1) is 11.3 Å². The lowest BCUT2D eigenvalue weighted by atomic mass is 9.75. The molecule has 1 rings (SSSR count). The van der Waals surface area contributed by atoms with Gasteiger partial charge in [0.05, 0.1) is 0 Å². The summed E-state index contributed by atoms with van der Waals surface area (Å²) in [5.74, 6) is 0.676. The minimum Gasteiger partial charge on any atom is -0.314 e. The normalized spacial score (nSPS) is 15.5. The van der Waals surface area contributed by atoms with E-state index in [0.29, 0.717) is 17.4 Å². The maximum atomic E-state index is 3.59. The van der Waals surface area contributed by atoms with E-state index in [2.05, 4.69) is 67.3 Å². The molecule has 3 heteroatoms. The molecule has 1 atom stereocenters. The largest absolute Gasteiger partial charge is 0.314 e. The van der Waals surface area contributed by atoms with Crippen LogP contribution in [0.5, 0.6) is 0 Å². The molecule has 98 valence electrons. The van der Waals surface area contributed by atoms with Crippen LogP contribution in [0.15, 0.2) is 15.9 Å². The Bertz CT molecular complexity index is 346. The highest BCUT2D eigenvalue weighted by Gasteiger charge is 2.29. The van der Waals surface area contributed by atoms with Gasteiger partial charge in [0.1, 0.15) is 0 Å². The van der Waals surface area contributed by atoms with Gasteiger partial charge in [-0.3, -0.25) is 0 Å². The minimum atomic E-state index is 0.328. The first-order valence-corrected chi connectivity index (χ1v) is 7.97. The van der Waals surface area contributed by atoms with Crippen molar-refractivity contribution in [1.82, 2.24) is 5.32 Å². The van der Waals surface area contributed by atoms with Gasteiger partial charge in [0.25, 0.3) is 0 Å². The van der Waals surface area contributed by atoms with Gasteiger partial charge >= 0.3 is 0 Å². The number of thiophene rings is 1. The molecule has 1 N–H and O–H groups in total. The van der Waals surface area contributed by atoms with Gasteiger partial charge in [-0.15, -0.1) is 11.3 Å². The maximum absolute atomic E-state index is 3.59. The molecule has 0 amide bonds. The van der Waals surface area contributed by atoms with Crippen LogP contribution in [0.25, 0.3) is 0 Å². The molecule has 0 saturated heterocycles. The molecule has 1 unspecified atom stereocenters. The molecule has 0 aliphatic carbocycles. The van der Waals surface area contributed by atoms with E-state index in [4.69, 9.17) is 0 Å². The predicted molar refractivity (Wildman–Crippen MR) is 81.8 cm³/mol. The fraction of sp³-hybridized carbons (Fsp3) is 0.714. The van der Waals surface area contributed by atoms with Gasteiger partial charge in [-0.05, 0) is 39.8 Å². The topological polar surface area (TPSA) is 12.0 Å². The van der Waals surface area contributed by atoms with Crippen molar-refractivity contribution in [2.45, 2.75) is 47.1 Å². The molecule has 0 aliphatic heterocycles. The van der Waals surface area contributed by atoms with Gasteiger partial charge in [-0.2, -0.15) is 0 Å². The van der Waals surface area contributed by atoms with Crippen LogP contribution in [0.1, 0.15) is 39.5 Å². The zero-order valence-electron chi connectivity index (χ0n) is 11.5. The molecule has 1 aromatic rings. The Hall–Kier alpha value is 0.140. The lowest BCUT2D eigenvalue weighted by molar-refractivity contribution is 0.203. The van der Waals surface area contributed by atoms with Gasteiger partial charge < -0.3 is 5.32 Å². The summed E-state index contributed by atoms with van der Waals surface area (Å²) in [7, 11) is 0. The van der Waals surface area contributed by atoms with E-state index in [9.17, 15) is 0 Å². The summed E-state index contributed by atoms with van der Waals surface area (Å²) in [6.07, 6.45) is 1.15. The van der Waals surface area contributed by atoms with Crippen LogP contribution in [-0.2, 0) is 6.42 Å². The van der Waals surface area contributed by atoms with Crippen molar-refractivity contribution in [1.29, 1.82) is 0 Å². The first-order chi connectivity index (χ1) is 7.83. The van der Waals surface area contributed by atoms with Crippen molar-refractivity contribution >= 4 is 27.3 Å². The van der Waals surface area contributed by atoms with Crippen LogP contribution in [0.4, 0.5) is 0 Å². The fourth-order valence-corrected chi connectivity index (χ4v) is 3.40. The first kappa shape index (κ1) is 15.2. The number of halogens is 1. The summed E-state index contributed by atoms with van der Waals surface area (Å²) >= 11 is 5.39. The van der Waals surface area contributed by atoms with Crippen LogP contribution >= 0.6 is 27.3 Å². The monoisotopic (exact) mass is 317 g/mol. The number of nitrogens with one attached hydrogen (secondary N) is 1. The SMILES string of the molecule is CC(C)NCC(C)(Cc1cc(Br)cs1)C(C)C.